The number of benzene rings is 1. The quantitative estimate of drug-likeness (QED) is 0.795. The molecule has 0 aliphatic carbocycles. The molecule has 18 heavy (non-hydrogen) atoms. The van der Waals surface area contributed by atoms with Gasteiger partial charge < -0.3 is 4.74 Å². The van der Waals surface area contributed by atoms with Gasteiger partial charge in [0, 0.05) is 11.8 Å². The van der Waals surface area contributed by atoms with Crippen molar-refractivity contribution < 1.29 is 9.53 Å². The van der Waals surface area contributed by atoms with E-state index < -0.39 is 0 Å². The molecule has 1 aromatic carbocycles. The van der Waals surface area contributed by atoms with Crippen LogP contribution >= 0.6 is 11.3 Å². The van der Waals surface area contributed by atoms with Crippen LogP contribution in [0.5, 0.6) is 0 Å². The Kier molecular flexibility index (Phi) is 3.21. The summed E-state index contributed by atoms with van der Waals surface area (Å²) in [4.78, 5) is 16.1. The van der Waals surface area contributed by atoms with E-state index in [9.17, 15) is 4.79 Å². The summed E-state index contributed by atoms with van der Waals surface area (Å²) in [6, 6.07) is 8.18. The first kappa shape index (κ1) is 11.6. The molecule has 1 atom stereocenters. The van der Waals surface area contributed by atoms with Crippen molar-refractivity contribution >= 4 is 17.1 Å². The maximum Gasteiger partial charge on any atom is 0.184 e. The van der Waals surface area contributed by atoms with Gasteiger partial charge in [-0.25, -0.2) is 4.98 Å². The highest BCUT2D eigenvalue weighted by molar-refractivity contribution is 7.07. The monoisotopic (exact) mass is 259 g/mol. The Morgan fingerprint density at radius 1 is 1.44 bits per heavy atom. The van der Waals surface area contributed by atoms with E-state index >= 15 is 0 Å². The standard InChI is InChI=1S/C14H13NO2S/c16-13(12-8-18-9-15-12)7-14-11-4-2-1-3-10(11)5-6-17-14/h1-4,8-9,14H,5-7H2. The van der Waals surface area contributed by atoms with Crippen LogP contribution < -0.4 is 0 Å². The van der Waals surface area contributed by atoms with Gasteiger partial charge in [0.1, 0.15) is 5.69 Å². The Balaban J connectivity index is 1.80. The smallest absolute Gasteiger partial charge is 0.184 e. The van der Waals surface area contributed by atoms with Gasteiger partial charge in [-0.15, -0.1) is 11.3 Å². The van der Waals surface area contributed by atoms with Crippen LogP contribution in [0.2, 0.25) is 0 Å². The molecule has 0 saturated heterocycles. The number of ether oxygens (including phenoxy) is 1. The molecule has 92 valence electrons. The SMILES string of the molecule is O=C(CC1OCCc2ccccc21)c1cscn1. The Bertz CT molecular complexity index is 551. The third-order valence-corrected chi connectivity index (χ3v) is 3.77. The largest absolute Gasteiger partial charge is 0.373 e. The molecule has 0 fully saturated rings. The minimum Gasteiger partial charge on any atom is -0.373 e. The lowest BCUT2D eigenvalue weighted by Gasteiger charge is -2.25. The second-order valence-corrected chi connectivity index (χ2v) is 5.03. The number of ketones is 1. The highest BCUT2D eigenvalue weighted by Crippen LogP contribution is 2.30. The number of carbonyl (C=O) groups is 1. The molecule has 0 radical (unpaired) electrons. The molecule has 1 aliphatic heterocycles. The fraction of sp³-hybridized carbons (Fsp3) is 0.286. The van der Waals surface area contributed by atoms with Crippen LogP contribution in [0.1, 0.15) is 34.1 Å². The van der Waals surface area contributed by atoms with Gasteiger partial charge in [-0.2, -0.15) is 0 Å². The molecule has 2 aromatic rings. The Hall–Kier alpha value is -1.52. The summed E-state index contributed by atoms with van der Waals surface area (Å²) in [6.07, 6.45) is 1.18. The summed E-state index contributed by atoms with van der Waals surface area (Å²) >= 11 is 1.44. The molecule has 1 unspecified atom stereocenters. The number of hydrogen-bond acceptors (Lipinski definition) is 4. The lowest BCUT2D eigenvalue weighted by molar-refractivity contribution is 0.0350. The Morgan fingerprint density at radius 2 is 2.33 bits per heavy atom. The molecule has 1 aliphatic rings. The van der Waals surface area contributed by atoms with E-state index in [4.69, 9.17) is 4.74 Å². The minimum absolute atomic E-state index is 0.0537. The average molecular weight is 259 g/mol. The van der Waals surface area contributed by atoms with Gasteiger partial charge in [0.15, 0.2) is 5.78 Å². The van der Waals surface area contributed by atoms with Crippen molar-refractivity contribution in [1.29, 1.82) is 0 Å². The lowest BCUT2D eigenvalue weighted by Crippen LogP contribution is -2.19. The summed E-state index contributed by atoms with van der Waals surface area (Å²) in [6.45, 7) is 0.687. The summed E-state index contributed by atoms with van der Waals surface area (Å²) in [5, 5.41) is 1.79. The van der Waals surface area contributed by atoms with E-state index in [0.29, 0.717) is 18.7 Å². The number of thiazole rings is 1. The van der Waals surface area contributed by atoms with Gasteiger partial charge in [-0.1, -0.05) is 24.3 Å². The van der Waals surface area contributed by atoms with Crippen LogP contribution in [-0.4, -0.2) is 17.4 Å². The number of fused-ring (bicyclic) bond motifs is 1. The van der Waals surface area contributed by atoms with Crippen LogP contribution in [0.15, 0.2) is 35.2 Å². The Morgan fingerprint density at radius 3 is 3.17 bits per heavy atom. The van der Waals surface area contributed by atoms with Crippen molar-refractivity contribution in [1.82, 2.24) is 4.98 Å². The number of rotatable bonds is 3. The molecule has 1 aromatic heterocycles. The van der Waals surface area contributed by atoms with Gasteiger partial charge in [0.25, 0.3) is 0 Å². The molecule has 4 heteroatoms. The minimum atomic E-state index is -0.121. The fourth-order valence-corrected chi connectivity index (χ4v) is 2.83. The molecule has 0 spiro atoms. The molecule has 2 heterocycles. The van der Waals surface area contributed by atoms with Crippen molar-refractivity contribution in [2.45, 2.75) is 18.9 Å². The van der Waals surface area contributed by atoms with Gasteiger partial charge in [0.05, 0.1) is 18.2 Å². The third kappa shape index (κ3) is 2.21. The second-order valence-electron chi connectivity index (χ2n) is 4.31. The first-order valence-electron chi connectivity index (χ1n) is 5.95. The topological polar surface area (TPSA) is 39.2 Å². The van der Waals surface area contributed by atoms with Crippen molar-refractivity contribution in [2.75, 3.05) is 6.61 Å². The predicted molar refractivity (Wildman–Crippen MR) is 69.9 cm³/mol. The van der Waals surface area contributed by atoms with Crippen LogP contribution in [0.3, 0.4) is 0 Å². The lowest BCUT2D eigenvalue weighted by atomic mass is 9.94. The van der Waals surface area contributed by atoms with E-state index in [1.165, 1.54) is 16.9 Å². The van der Waals surface area contributed by atoms with E-state index in [1.807, 2.05) is 18.2 Å². The van der Waals surface area contributed by atoms with E-state index in [0.717, 1.165) is 12.0 Å². The first-order valence-corrected chi connectivity index (χ1v) is 6.89. The van der Waals surface area contributed by atoms with Gasteiger partial charge in [-0.05, 0) is 17.5 Å². The fourth-order valence-electron chi connectivity index (χ4n) is 2.27. The van der Waals surface area contributed by atoms with Crippen molar-refractivity contribution in [3.63, 3.8) is 0 Å². The van der Waals surface area contributed by atoms with Crippen LogP contribution in [-0.2, 0) is 11.2 Å². The van der Waals surface area contributed by atoms with E-state index in [2.05, 4.69) is 11.1 Å². The van der Waals surface area contributed by atoms with Crippen molar-refractivity contribution in [3.05, 3.63) is 52.0 Å². The Labute approximate surface area is 109 Å². The highest BCUT2D eigenvalue weighted by Gasteiger charge is 2.24. The molecule has 0 saturated carbocycles. The maximum absolute atomic E-state index is 12.0. The zero-order valence-electron chi connectivity index (χ0n) is 9.83. The highest BCUT2D eigenvalue weighted by atomic mass is 32.1. The molecule has 0 amide bonds. The van der Waals surface area contributed by atoms with Crippen molar-refractivity contribution in [2.24, 2.45) is 0 Å². The normalized spacial score (nSPS) is 18.3. The summed E-state index contributed by atoms with van der Waals surface area (Å²) in [5.74, 6) is 0.0537. The van der Waals surface area contributed by atoms with Crippen LogP contribution in [0.25, 0.3) is 0 Å². The maximum atomic E-state index is 12.0. The zero-order valence-corrected chi connectivity index (χ0v) is 10.7. The molecule has 0 bridgehead atoms. The predicted octanol–water partition coefficient (Wildman–Crippen LogP) is 3.03. The summed E-state index contributed by atoms with van der Waals surface area (Å²) in [5.41, 5.74) is 4.67. The summed E-state index contributed by atoms with van der Waals surface area (Å²) in [7, 11) is 0. The van der Waals surface area contributed by atoms with Crippen LogP contribution in [0, 0.1) is 0 Å². The number of Topliss-reactive ketones (excluding diaryl/α,β-unsaturated/α-hetero) is 1. The molecule has 0 N–H and O–H groups in total. The number of nitrogens with zero attached hydrogens (tertiary/aromatic N) is 1. The van der Waals surface area contributed by atoms with Crippen molar-refractivity contribution in [3.8, 4) is 0 Å². The number of carbonyl (C=O) groups excluding carboxylic acids is 1. The molecular weight excluding hydrogens is 246 g/mol. The van der Waals surface area contributed by atoms with E-state index in [-0.39, 0.29) is 11.9 Å². The first-order chi connectivity index (χ1) is 8.84. The third-order valence-electron chi connectivity index (χ3n) is 3.18. The zero-order chi connectivity index (χ0) is 12.4. The van der Waals surface area contributed by atoms with Crippen LogP contribution in [0.4, 0.5) is 0 Å². The number of aromatic nitrogens is 1. The molecular formula is C14H13NO2S. The van der Waals surface area contributed by atoms with E-state index in [1.54, 1.807) is 10.9 Å². The second kappa shape index (κ2) is 5.00. The van der Waals surface area contributed by atoms with Gasteiger partial charge >= 0.3 is 0 Å². The summed E-state index contributed by atoms with van der Waals surface area (Å²) < 4.78 is 5.73. The van der Waals surface area contributed by atoms with Gasteiger partial charge in [-0.3, -0.25) is 4.79 Å². The number of hydrogen-bond donors (Lipinski definition) is 0. The molecule has 3 nitrogen and oxygen atoms in total. The average Bonchev–Trinajstić information content (AvgIpc) is 2.93. The molecule has 3 rings (SSSR count). The van der Waals surface area contributed by atoms with Gasteiger partial charge in [0.2, 0.25) is 0 Å².